The van der Waals surface area contributed by atoms with Crippen molar-refractivity contribution in [2.75, 3.05) is 7.11 Å². The van der Waals surface area contributed by atoms with E-state index in [1.807, 2.05) is 54.6 Å². The van der Waals surface area contributed by atoms with Crippen LogP contribution >= 0.6 is 0 Å². The summed E-state index contributed by atoms with van der Waals surface area (Å²) in [6.07, 6.45) is 0. The number of nitrogens with one attached hydrogen (secondary N) is 1. The average Bonchev–Trinajstić information content (AvgIpc) is 2.95. The minimum atomic E-state index is -0.659. The van der Waals surface area contributed by atoms with Crippen molar-refractivity contribution in [3.05, 3.63) is 76.1 Å². The molecule has 0 unspecified atom stereocenters. The van der Waals surface area contributed by atoms with Gasteiger partial charge in [0.2, 0.25) is 0 Å². The quantitative estimate of drug-likeness (QED) is 0.776. The number of hydrogen-bond acceptors (Lipinski definition) is 4. The smallest absolute Gasteiger partial charge is 0.370 e. The van der Waals surface area contributed by atoms with E-state index in [-0.39, 0.29) is 5.56 Å². The number of nitrogens with zero attached hydrogens (tertiary/aromatic N) is 1. The molecule has 0 spiro atoms. The standard InChI is InChI=1S/C19H18N2O4/c1-21-17(14-6-4-3-5-7-14)16(19(23)25-21)18(22)20-12-13-8-10-15(24-2)11-9-13/h3-11H,12H2,1-2H3,(H,20,22). The minimum absolute atomic E-state index is 0.00205. The number of amides is 1. The van der Waals surface area contributed by atoms with E-state index in [0.29, 0.717) is 12.2 Å². The van der Waals surface area contributed by atoms with Crippen molar-refractivity contribution >= 4 is 5.91 Å². The van der Waals surface area contributed by atoms with Crippen LogP contribution in [0.15, 0.2) is 63.9 Å². The lowest BCUT2D eigenvalue weighted by atomic mass is 10.1. The Morgan fingerprint density at radius 1 is 1.12 bits per heavy atom. The molecule has 0 aliphatic heterocycles. The maximum atomic E-state index is 12.6. The van der Waals surface area contributed by atoms with Gasteiger partial charge in [-0.15, -0.1) is 0 Å². The number of carbonyl (C=O) groups excluding carboxylic acids is 1. The SMILES string of the molecule is COc1ccc(CNC(=O)c2c(-c3ccccc3)n(C)oc2=O)cc1. The fourth-order valence-electron chi connectivity index (χ4n) is 2.61. The highest BCUT2D eigenvalue weighted by Crippen LogP contribution is 2.21. The molecule has 1 N–H and O–H groups in total. The van der Waals surface area contributed by atoms with Gasteiger partial charge in [-0.2, -0.15) is 0 Å². The molecular formula is C19H18N2O4. The van der Waals surface area contributed by atoms with E-state index in [0.717, 1.165) is 16.9 Å². The van der Waals surface area contributed by atoms with Gasteiger partial charge in [0.15, 0.2) is 5.56 Å². The summed E-state index contributed by atoms with van der Waals surface area (Å²) in [7, 11) is 3.19. The number of benzene rings is 2. The summed E-state index contributed by atoms with van der Waals surface area (Å²) < 4.78 is 11.5. The molecule has 1 heterocycles. The zero-order chi connectivity index (χ0) is 17.8. The molecule has 1 aromatic heterocycles. The zero-order valence-electron chi connectivity index (χ0n) is 14.0. The Bertz CT molecular complexity index is 924. The predicted molar refractivity (Wildman–Crippen MR) is 93.5 cm³/mol. The van der Waals surface area contributed by atoms with Crippen LogP contribution in [-0.4, -0.2) is 17.8 Å². The summed E-state index contributed by atoms with van der Waals surface area (Å²) in [6.45, 7) is 0.297. The molecule has 1 amide bonds. The third-order valence-corrected chi connectivity index (χ3v) is 3.86. The Balaban J connectivity index is 1.83. The van der Waals surface area contributed by atoms with Gasteiger partial charge in [-0.1, -0.05) is 42.5 Å². The number of carbonyl (C=O) groups is 1. The molecule has 25 heavy (non-hydrogen) atoms. The van der Waals surface area contributed by atoms with E-state index < -0.39 is 11.5 Å². The van der Waals surface area contributed by atoms with E-state index in [1.165, 1.54) is 4.74 Å². The van der Waals surface area contributed by atoms with Crippen molar-refractivity contribution in [1.29, 1.82) is 0 Å². The zero-order valence-corrected chi connectivity index (χ0v) is 14.0. The maximum Gasteiger partial charge on any atom is 0.370 e. The van der Waals surface area contributed by atoms with E-state index in [9.17, 15) is 9.59 Å². The van der Waals surface area contributed by atoms with Gasteiger partial charge >= 0.3 is 5.63 Å². The van der Waals surface area contributed by atoms with Gasteiger partial charge in [-0.25, -0.2) is 9.53 Å². The van der Waals surface area contributed by atoms with E-state index >= 15 is 0 Å². The molecule has 3 aromatic rings. The van der Waals surface area contributed by atoms with Gasteiger partial charge in [-0.3, -0.25) is 4.79 Å². The topological polar surface area (TPSA) is 73.5 Å². The molecule has 2 aromatic carbocycles. The lowest BCUT2D eigenvalue weighted by molar-refractivity contribution is 0.0949. The minimum Gasteiger partial charge on any atom is -0.497 e. The van der Waals surface area contributed by atoms with E-state index in [2.05, 4.69) is 5.32 Å². The van der Waals surface area contributed by atoms with Crippen molar-refractivity contribution in [2.45, 2.75) is 6.54 Å². The molecular weight excluding hydrogens is 320 g/mol. The number of hydrogen-bond donors (Lipinski definition) is 1. The summed E-state index contributed by atoms with van der Waals surface area (Å²) in [5.74, 6) is 0.272. The van der Waals surface area contributed by atoms with Gasteiger partial charge in [0.1, 0.15) is 11.4 Å². The third kappa shape index (κ3) is 3.47. The second kappa shape index (κ2) is 7.09. The van der Waals surface area contributed by atoms with Crippen LogP contribution in [0, 0.1) is 0 Å². The molecule has 0 fully saturated rings. The second-order valence-corrected chi connectivity index (χ2v) is 5.50. The largest absolute Gasteiger partial charge is 0.497 e. The first-order valence-corrected chi connectivity index (χ1v) is 7.77. The van der Waals surface area contributed by atoms with Gasteiger partial charge in [-0.05, 0) is 17.7 Å². The fraction of sp³-hybridized carbons (Fsp3) is 0.158. The summed E-state index contributed by atoms with van der Waals surface area (Å²) in [6, 6.07) is 16.5. The highest BCUT2D eigenvalue weighted by molar-refractivity contribution is 5.99. The average molecular weight is 338 g/mol. The Morgan fingerprint density at radius 2 is 1.80 bits per heavy atom. The summed E-state index contributed by atoms with van der Waals surface area (Å²) in [5, 5.41) is 2.76. The molecule has 0 radical (unpaired) electrons. The van der Waals surface area contributed by atoms with Crippen molar-refractivity contribution in [2.24, 2.45) is 7.05 Å². The molecule has 128 valence electrons. The van der Waals surface area contributed by atoms with Crippen molar-refractivity contribution in [3.8, 4) is 17.0 Å². The first kappa shape index (κ1) is 16.6. The van der Waals surface area contributed by atoms with Gasteiger partial charge in [0.25, 0.3) is 5.91 Å². The first-order valence-electron chi connectivity index (χ1n) is 7.77. The predicted octanol–water partition coefficient (Wildman–Crippen LogP) is 2.58. The summed E-state index contributed by atoms with van der Waals surface area (Å²) in [5.41, 5.74) is 1.44. The van der Waals surface area contributed by atoms with Gasteiger partial charge in [0, 0.05) is 19.2 Å². The van der Waals surface area contributed by atoms with Crippen LogP contribution in [0.25, 0.3) is 11.3 Å². The second-order valence-electron chi connectivity index (χ2n) is 5.50. The number of aryl methyl sites for hydroxylation is 1. The van der Waals surface area contributed by atoms with E-state index in [4.69, 9.17) is 9.26 Å². The van der Waals surface area contributed by atoms with Crippen LogP contribution < -0.4 is 15.7 Å². The molecule has 3 rings (SSSR count). The summed E-state index contributed by atoms with van der Waals surface area (Å²) in [4.78, 5) is 24.7. The Labute approximate surface area is 144 Å². The van der Waals surface area contributed by atoms with Crippen LogP contribution in [0.1, 0.15) is 15.9 Å². The molecule has 6 heteroatoms. The number of ether oxygens (including phenoxy) is 1. The van der Waals surface area contributed by atoms with Crippen LogP contribution in [-0.2, 0) is 13.6 Å². The third-order valence-electron chi connectivity index (χ3n) is 3.86. The fourth-order valence-corrected chi connectivity index (χ4v) is 2.61. The normalized spacial score (nSPS) is 10.5. The molecule has 0 bridgehead atoms. The molecule has 6 nitrogen and oxygen atoms in total. The monoisotopic (exact) mass is 338 g/mol. The Morgan fingerprint density at radius 3 is 2.44 bits per heavy atom. The van der Waals surface area contributed by atoms with E-state index in [1.54, 1.807) is 14.2 Å². The molecule has 0 aliphatic carbocycles. The van der Waals surface area contributed by atoms with Crippen LogP contribution in [0.2, 0.25) is 0 Å². The number of methoxy groups -OCH3 is 1. The van der Waals surface area contributed by atoms with Gasteiger partial charge in [0.05, 0.1) is 7.11 Å². The van der Waals surface area contributed by atoms with Crippen molar-refractivity contribution < 1.29 is 14.1 Å². The number of rotatable bonds is 5. The van der Waals surface area contributed by atoms with Crippen molar-refractivity contribution in [3.63, 3.8) is 0 Å². The van der Waals surface area contributed by atoms with Crippen LogP contribution in [0.3, 0.4) is 0 Å². The van der Waals surface area contributed by atoms with Gasteiger partial charge < -0.3 is 14.6 Å². The highest BCUT2D eigenvalue weighted by Gasteiger charge is 2.23. The Hall–Kier alpha value is -3.28. The Kier molecular flexibility index (Phi) is 4.70. The maximum absolute atomic E-state index is 12.6. The highest BCUT2D eigenvalue weighted by atomic mass is 16.5. The lowest BCUT2D eigenvalue weighted by Crippen LogP contribution is -2.27. The molecule has 0 saturated heterocycles. The van der Waals surface area contributed by atoms with Crippen molar-refractivity contribution in [1.82, 2.24) is 10.1 Å². The molecule has 0 atom stereocenters. The lowest BCUT2D eigenvalue weighted by Gasteiger charge is -2.07. The van der Waals surface area contributed by atoms with Crippen LogP contribution in [0.5, 0.6) is 5.75 Å². The summed E-state index contributed by atoms with van der Waals surface area (Å²) >= 11 is 0. The number of aromatic nitrogens is 1. The molecule has 0 saturated carbocycles. The first-order chi connectivity index (χ1) is 12.1. The van der Waals surface area contributed by atoms with Crippen LogP contribution in [0.4, 0.5) is 0 Å². The molecule has 0 aliphatic rings.